The molecule has 0 aromatic carbocycles. The zero-order valence-corrected chi connectivity index (χ0v) is 14.7. The second-order valence-corrected chi connectivity index (χ2v) is 6.28. The Bertz CT molecular complexity index is 832. The molecular formula is C14H14BrF3N6O. The summed E-state index contributed by atoms with van der Waals surface area (Å²) in [5, 5.41) is 4.00. The van der Waals surface area contributed by atoms with E-state index in [0.717, 1.165) is 12.3 Å². The molecule has 0 amide bonds. The van der Waals surface area contributed by atoms with Crippen LogP contribution in [-0.4, -0.2) is 45.9 Å². The zero-order chi connectivity index (χ0) is 18.2. The molecule has 134 valence electrons. The summed E-state index contributed by atoms with van der Waals surface area (Å²) in [6.45, 7) is 1.88. The van der Waals surface area contributed by atoms with Crippen LogP contribution in [0.25, 0.3) is 0 Å². The molecule has 2 aromatic heterocycles. The van der Waals surface area contributed by atoms with E-state index in [4.69, 9.17) is 0 Å². The van der Waals surface area contributed by atoms with Crippen LogP contribution in [0.5, 0.6) is 0 Å². The Balaban J connectivity index is 1.75. The number of nitrogens with zero attached hydrogens (tertiary/aromatic N) is 6. The molecule has 2 aromatic rings. The Hall–Kier alpha value is -2.17. The van der Waals surface area contributed by atoms with E-state index in [1.54, 1.807) is 18.1 Å². The summed E-state index contributed by atoms with van der Waals surface area (Å²) in [5.74, 6) is 0.0515. The van der Waals surface area contributed by atoms with E-state index in [1.807, 2.05) is 4.90 Å². The Labute approximate surface area is 149 Å². The summed E-state index contributed by atoms with van der Waals surface area (Å²) in [6, 6.07) is 0.849. The molecule has 1 fully saturated rings. The van der Waals surface area contributed by atoms with Crippen molar-refractivity contribution in [1.82, 2.24) is 19.7 Å². The molecule has 7 nitrogen and oxygen atoms in total. The third-order valence-corrected chi connectivity index (χ3v) is 4.64. The zero-order valence-electron chi connectivity index (χ0n) is 13.2. The van der Waals surface area contributed by atoms with E-state index < -0.39 is 11.9 Å². The first kappa shape index (κ1) is 17.6. The SMILES string of the molecule is Cn1ncc(N2CCN(c3nccc(C(F)(F)F)n3)CC2)c(Br)c1=O. The highest BCUT2D eigenvalue weighted by Gasteiger charge is 2.33. The Kier molecular flexibility index (Phi) is 4.67. The van der Waals surface area contributed by atoms with Crippen molar-refractivity contribution in [3.05, 3.63) is 39.0 Å². The van der Waals surface area contributed by atoms with Gasteiger partial charge in [-0.25, -0.2) is 14.6 Å². The van der Waals surface area contributed by atoms with Gasteiger partial charge in [0.25, 0.3) is 5.56 Å². The molecule has 25 heavy (non-hydrogen) atoms. The van der Waals surface area contributed by atoms with Gasteiger partial charge in [0.15, 0.2) is 0 Å². The number of aryl methyl sites for hydroxylation is 1. The number of hydrogen-bond donors (Lipinski definition) is 0. The molecule has 1 saturated heterocycles. The van der Waals surface area contributed by atoms with E-state index in [0.29, 0.717) is 36.3 Å². The van der Waals surface area contributed by atoms with Crippen molar-refractivity contribution in [3.63, 3.8) is 0 Å². The lowest BCUT2D eigenvalue weighted by Crippen LogP contribution is -2.47. The van der Waals surface area contributed by atoms with Crippen LogP contribution in [-0.2, 0) is 13.2 Å². The van der Waals surface area contributed by atoms with E-state index in [-0.39, 0.29) is 11.5 Å². The van der Waals surface area contributed by atoms with Gasteiger partial charge in [0.05, 0.1) is 11.9 Å². The number of hydrogen-bond acceptors (Lipinski definition) is 6. The molecule has 0 aliphatic carbocycles. The highest BCUT2D eigenvalue weighted by atomic mass is 79.9. The van der Waals surface area contributed by atoms with Gasteiger partial charge in [0.1, 0.15) is 10.2 Å². The largest absolute Gasteiger partial charge is 0.433 e. The first-order valence-electron chi connectivity index (χ1n) is 7.39. The van der Waals surface area contributed by atoms with Crippen LogP contribution < -0.4 is 15.4 Å². The molecule has 3 rings (SSSR count). The Morgan fingerprint density at radius 2 is 1.80 bits per heavy atom. The molecular weight excluding hydrogens is 405 g/mol. The number of anilines is 2. The van der Waals surface area contributed by atoms with Crippen molar-refractivity contribution in [2.45, 2.75) is 6.18 Å². The maximum Gasteiger partial charge on any atom is 0.433 e. The fraction of sp³-hybridized carbons (Fsp3) is 0.429. The smallest absolute Gasteiger partial charge is 0.366 e. The van der Waals surface area contributed by atoms with Gasteiger partial charge in [-0.15, -0.1) is 0 Å². The van der Waals surface area contributed by atoms with E-state index in [9.17, 15) is 18.0 Å². The molecule has 1 aliphatic heterocycles. The van der Waals surface area contributed by atoms with Gasteiger partial charge in [-0.2, -0.15) is 18.3 Å². The predicted molar refractivity (Wildman–Crippen MR) is 88.6 cm³/mol. The molecule has 0 spiro atoms. The van der Waals surface area contributed by atoms with E-state index in [1.165, 1.54) is 4.68 Å². The summed E-state index contributed by atoms with van der Waals surface area (Å²) in [4.78, 5) is 23.1. The van der Waals surface area contributed by atoms with Gasteiger partial charge in [-0.1, -0.05) is 0 Å². The summed E-state index contributed by atoms with van der Waals surface area (Å²) in [7, 11) is 1.56. The molecule has 1 aliphatic rings. The number of alkyl halides is 3. The van der Waals surface area contributed by atoms with Crippen LogP contribution in [0.2, 0.25) is 0 Å². The molecule has 0 bridgehead atoms. The first-order valence-corrected chi connectivity index (χ1v) is 8.18. The van der Waals surface area contributed by atoms with Gasteiger partial charge in [0.2, 0.25) is 5.95 Å². The van der Waals surface area contributed by atoms with E-state index >= 15 is 0 Å². The van der Waals surface area contributed by atoms with Crippen LogP contribution in [0.1, 0.15) is 5.69 Å². The topological polar surface area (TPSA) is 67.2 Å². The predicted octanol–water partition coefficient (Wildman–Crippen LogP) is 1.68. The van der Waals surface area contributed by atoms with Crippen molar-refractivity contribution >= 4 is 27.6 Å². The van der Waals surface area contributed by atoms with Gasteiger partial charge in [-0.3, -0.25) is 4.79 Å². The third-order valence-electron chi connectivity index (χ3n) is 3.90. The van der Waals surface area contributed by atoms with Crippen molar-refractivity contribution in [3.8, 4) is 0 Å². The maximum atomic E-state index is 12.8. The lowest BCUT2D eigenvalue weighted by Gasteiger charge is -2.36. The highest BCUT2D eigenvalue weighted by Crippen LogP contribution is 2.29. The number of aromatic nitrogens is 4. The molecule has 0 unspecified atom stereocenters. The molecule has 0 radical (unpaired) electrons. The summed E-state index contributed by atoms with van der Waals surface area (Å²) in [5.41, 5.74) is -0.549. The van der Waals surface area contributed by atoms with Crippen LogP contribution in [0.3, 0.4) is 0 Å². The van der Waals surface area contributed by atoms with Crippen LogP contribution in [0, 0.1) is 0 Å². The minimum atomic E-state index is -4.50. The third kappa shape index (κ3) is 3.60. The lowest BCUT2D eigenvalue weighted by atomic mass is 10.3. The van der Waals surface area contributed by atoms with Crippen LogP contribution in [0.15, 0.2) is 27.7 Å². The van der Waals surface area contributed by atoms with Crippen LogP contribution in [0.4, 0.5) is 24.8 Å². The summed E-state index contributed by atoms with van der Waals surface area (Å²) >= 11 is 3.28. The Morgan fingerprint density at radius 3 is 2.44 bits per heavy atom. The van der Waals surface area contributed by atoms with Crippen molar-refractivity contribution in [2.75, 3.05) is 36.0 Å². The lowest BCUT2D eigenvalue weighted by molar-refractivity contribution is -0.141. The quantitative estimate of drug-likeness (QED) is 0.738. The van der Waals surface area contributed by atoms with Crippen molar-refractivity contribution < 1.29 is 13.2 Å². The molecule has 3 heterocycles. The molecule has 0 saturated carbocycles. The Morgan fingerprint density at radius 1 is 1.16 bits per heavy atom. The van der Waals surface area contributed by atoms with Crippen LogP contribution >= 0.6 is 15.9 Å². The average molecular weight is 419 g/mol. The van der Waals surface area contributed by atoms with Gasteiger partial charge in [-0.05, 0) is 22.0 Å². The molecule has 0 atom stereocenters. The number of halogens is 4. The average Bonchev–Trinajstić information content (AvgIpc) is 2.59. The second kappa shape index (κ2) is 6.62. The highest BCUT2D eigenvalue weighted by molar-refractivity contribution is 9.10. The van der Waals surface area contributed by atoms with Gasteiger partial charge in [0, 0.05) is 39.4 Å². The number of rotatable bonds is 2. The van der Waals surface area contributed by atoms with E-state index in [2.05, 4.69) is 31.0 Å². The fourth-order valence-corrected chi connectivity index (χ4v) is 3.14. The monoisotopic (exact) mass is 418 g/mol. The minimum Gasteiger partial charge on any atom is -0.366 e. The summed E-state index contributed by atoms with van der Waals surface area (Å²) < 4.78 is 40.0. The summed E-state index contributed by atoms with van der Waals surface area (Å²) in [6.07, 6.45) is -1.80. The fourth-order valence-electron chi connectivity index (χ4n) is 2.53. The first-order chi connectivity index (χ1) is 11.8. The van der Waals surface area contributed by atoms with Crippen molar-refractivity contribution in [2.24, 2.45) is 7.05 Å². The van der Waals surface area contributed by atoms with Gasteiger partial charge >= 0.3 is 6.18 Å². The second-order valence-electron chi connectivity index (χ2n) is 5.49. The molecule has 0 N–H and O–H groups in total. The molecule has 11 heteroatoms. The minimum absolute atomic E-state index is 0.0515. The van der Waals surface area contributed by atoms with Crippen molar-refractivity contribution in [1.29, 1.82) is 0 Å². The standard InChI is InChI=1S/C14H14BrF3N6O/c1-22-12(25)11(15)9(8-20-22)23-4-6-24(7-5-23)13-19-3-2-10(21-13)14(16,17)18/h2-3,8H,4-7H2,1H3. The normalized spacial score (nSPS) is 15.6. The maximum absolute atomic E-state index is 12.8. The number of piperazine rings is 1. The van der Waals surface area contributed by atoms with Gasteiger partial charge < -0.3 is 9.80 Å².